The molecule has 1 heterocycles. The van der Waals surface area contributed by atoms with E-state index in [1.807, 2.05) is 30.3 Å². The molecule has 0 saturated carbocycles. The second-order valence-corrected chi connectivity index (χ2v) is 8.39. The summed E-state index contributed by atoms with van der Waals surface area (Å²) in [6.45, 7) is 0.481. The molecule has 0 aliphatic rings. The average molecular weight is 433 g/mol. The minimum atomic E-state index is -3.80. The van der Waals surface area contributed by atoms with Crippen LogP contribution in [-0.4, -0.2) is 29.3 Å². The number of amides is 1. The zero-order valence-corrected chi connectivity index (χ0v) is 17.2. The van der Waals surface area contributed by atoms with E-state index in [1.54, 1.807) is 53.3 Å². The van der Waals surface area contributed by atoms with Crippen LogP contribution in [0.15, 0.2) is 96.0 Å². The van der Waals surface area contributed by atoms with Crippen molar-refractivity contribution < 1.29 is 13.2 Å². The number of nitrogens with one attached hydrogen (secondary N) is 2. The monoisotopic (exact) mass is 433 g/mol. The molecule has 0 atom stereocenters. The second-order valence-electron chi connectivity index (χ2n) is 6.71. The Kier molecular flexibility index (Phi) is 5.76. The highest BCUT2D eigenvalue weighted by molar-refractivity contribution is 7.92. The fourth-order valence-corrected chi connectivity index (χ4v) is 4.02. The molecule has 0 aliphatic heterocycles. The zero-order chi connectivity index (χ0) is 21.7. The predicted octanol–water partition coefficient (Wildman–Crippen LogP) is 3.38. The van der Waals surface area contributed by atoms with Gasteiger partial charge in [-0.2, -0.15) is 0 Å². The number of hydrogen-bond donors (Lipinski definition) is 2. The van der Waals surface area contributed by atoms with Crippen molar-refractivity contribution in [1.29, 1.82) is 0 Å². The van der Waals surface area contributed by atoms with Crippen LogP contribution in [0, 0.1) is 0 Å². The third-order valence-electron chi connectivity index (χ3n) is 4.43. The van der Waals surface area contributed by atoms with Crippen LogP contribution in [0.4, 0.5) is 11.4 Å². The van der Waals surface area contributed by atoms with Crippen molar-refractivity contribution in [2.24, 2.45) is 0 Å². The fourth-order valence-electron chi connectivity index (χ4n) is 2.92. The second kappa shape index (κ2) is 8.80. The van der Waals surface area contributed by atoms with Crippen molar-refractivity contribution in [1.82, 2.24) is 15.0 Å². The molecule has 0 radical (unpaired) electrons. The first-order valence-corrected chi connectivity index (χ1v) is 10.9. The average Bonchev–Trinajstić information content (AvgIpc) is 3.25. The van der Waals surface area contributed by atoms with Gasteiger partial charge < -0.3 is 5.32 Å². The summed E-state index contributed by atoms with van der Waals surface area (Å²) >= 11 is 0. The number of anilines is 2. The van der Waals surface area contributed by atoms with Crippen LogP contribution < -0.4 is 10.0 Å². The van der Waals surface area contributed by atoms with E-state index >= 15 is 0 Å². The Morgan fingerprint density at radius 3 is 2.16 bits per heavy atom. The normalized spacial score (nSPS) is 11.1. The van der Waals surface area contributed by atoms with E-state index in [2.05, 4.69) is 20.4 Å². The van der Waals surface area contributed by atoms with Gasteiger partial charge in [0, 0.05) is 0 Å². The zero-order valence-electron chi connectivity index (χ0n) is 16.3. The van der Waals surface area contributed by atoms with Crippen LogP contribution in [0.25, 0.3) is 0 Å². The summed E-state index contributed by atoms with van der Waals surface area (Å²) < 4.78 is 29.4. The maximum atomic E-state index is 12.7. The summed E-state index contributed by atoms with van der Waals surface area (Å²) in [5.41, 5.74) is 1.71. The van der Waals surface area contributed by atoms with Crippen LogP contribution in [0.1, 0.15) is 16.1 Å². The molecule has 8 nitrogen and oxygen atoms in total. The molecule has 9 heteroatoms. The van der Waals surface area contributed by atoms with Crippen molar-refractivity contribution in [3.63, 3.8) is 0 Å². The van der Waals surface area contributed by atoms with E-state index in [-0.39, 0.29) is 16.3 Å². The van der Waals surface area contributed by atoms with Gasteiger partial charge in [0.15, 0.2) is 5.69 Å². The number of rotatable bonds is 7. The summed E-state index contributed by atoms with van der Waals surface area (Å²) in [7, 11) is -3.80. The van der Waals surface area contributed by atoms with Crippen molar-refractivity contribution in [2.75, 3.05) is 10.0 Å². The highest BCUT2D eigenvalue weighted by Gasteiger charge is 2.18. The first kappa shape index (κ1) is 20.3. The van der Waals surface area contributed by atoms with E-state index in [1.165, 1.54) is 12.1 Å². The Bertz CT molecular complexity index is 1290. The number of para-hydroxylation sites is 2. The number of benzene rings is 3. The molecule has 0 spiro atoms. The maximum absolute atomic E-state index is 12.7. The molecule has 1 aromatic heterocycles. The quantitative estimate of drug-likeness (QED) is 0.465. The van der Waals surface area contributed by atoms with Crippen LogP contribution >= 0.6 is 0 Å². The van der Waals surface area contributed by atoms with Crippen LogP contribution in [-0.2, 0) is 16.6 Å². The van der Waals surface area contributed by atoms with Crippen molar-refractivity contribution >= 4 is 27.3 Å². The lowest BCUT2D eigenvalue weighted by Crippen LogP contribution is -2.17. The molecule has 3 aromatic carbocycles. The molecule has 0 saturated heterocycles. The van der Waals surface area contributed by atoms with Gasteiger partial charge >= 0.3 is 0 Å². The van der Waals surface area contributed by atoms with E-state index in [9.17, 15) is 13.2 Å². The molecule has 2 N–H and O–H groups in total. The molecule has 31 heavy (non-hydrogen) atoms. The van der Waals surface area contributed by atoms with Gasteiger partial charge in [-0.1, -0.05) is 65.9 Å². The van der Waals surface area contributed by atoms with Gasteiger partial charge in [-0.25, -0.2) is 13.1 Å². The first-order chi connectivity index (χ1) is 15.0. The highest BCUT2D eigenvalue weighted by Crippen LogP contribution is 2.24. The molecule has 0 unspecified atom stereocenters. The number of hydrogen-bond acceptors (Lipinski definition) is 5. The van der Waals surface area contributed by atoms with Gasteiger partial charge in [0.05, 0.1) is 29.0 Å². The summed E-state index contributed by atoms with van der Waals surface area (Å²) in [4.78, 5) is 12.8. The number of carbonyl (C=O) groups is 1. The smallest absolute Gasteiger partial charge is 0.277 e. The Balaban J connectivity index is 1.50. The fraction of sp³-hybridized carbons (Fsp3) is 0.0455. The number of aromatic nitrogens is 3. The van der Waals surface area contributed by atoms with Crippen LogP contribution in [0.2, 0.25) is 0 Å². The molecule has 4 rings (SSSR count). The molecule has 1 amide bonds. The largest absolute Gasteiger partial charge is 0.319 e. The van der Waals surface area contributed by atoms with Gasteiger partial charge in [0.2, 0.25) is 0 Å². The minimum Gasteiger partial charge on any atom is -0.319 e. The van der Waals surface area contributed by atoms with Gasteiger partial charge in [-0.15, -0.1) is 5.10 Å². The Labute approximate surface area is 179 Å². The van der Waals surface area contributed by atoms with E-state index in [0.29, 0.717) is 12.2 Å². The molecule has 0 fully saturated rings. The topological polar surface area (TPSA) is 106 Å². The maximum Gasteiger partial charge on any atom is 0.277 e. The summed E-state index contributed by atoms with van der Waals surface area (Å²) in [5.74, 6) is -0.495. The van der Waals surface area contributed by atoms with Crippen LogP contribution in [0.5, 0.6) is 0 Å². The lowest BCUT2D eigenvalue weighted by Gasteiger charge is -2.13. The Hall–Kier alpha value is -3.98. The van der Waals surface area contributed by atoms with E-state index in [0.717, 1.165) is 5.56 Å². The predicted molar refractivity (Wildman–Crippen MR) is 117 cm³/mol. The number of nitrogens with zero attached hydrogens (tertiary/aromatic N) is 3. The minimum absolute atomic E-state index is 0.122. The van der Waals surface area contributed by atoms with Crippen LogP contribution in [0.3, 0.4) is 0 Å². The Morgan fingerprint density at radius 1 is 0.839 bits per heavy atom. The number of carbonyl (C=O) groups excluding carboxylic acids is 1. The first-order valence-electron chi connectivity index (χ1n) is 9.43. The summed E-state index contributed by atoms with van der Waals surface area (Å²) in [6, 6.07) is 24.2. The van der Waals surface area contributed by atoms with Crippen molar-refractivity contribution in [3.8, 4) is 0 Å². The van der Waals surface area contributed by atoms with Gasteiger partial charge in [-0.3, -0.25) is 9.52 Å². The molecule has 4 aromatic rings. The summed E-state index contributed by atoms with van der Waals surface area (Å²) in [5, 5.41) is 10.6. The van der Waals surface area contributed by atoms with Crippen molar-refractivity contribution in [2.45, 2.75) is 11.4 Å². The molecular formula is C22H19N5O3S. The SMILES string of the molecule is O=C(Nc1ccccc1NS(=O)(=O)c1ccccc1)c1cn(Cc2ccccc2)nn1. The molecular weight excluding hydrogens is 414 g/mol. The van der Waals surface area contributed by atoms with E-state index in [4.69, 9.17) is 0 Å². The van der Waals surface area contributed by atoms with Gasteiger partial charge in [-0.05, 0) is 29.8 Å². The van der Waals surface area contributed by atoms with Crippen molar-refractivity contribution in [3.05, 3.63) is 102 Å². The third kappa shape index (κ3) is 4.96. The Morgan fingerprint density at radius 2 is 1.45 bits per heavy atom. The van der Waals surface area contributed by atoms with E-state index < -0.39 is 15.9 Å². The van der Waals surface area contributed by atoms with Gasteiger partial charge in [0.1, 0.15) is 0 Å². The molecule has 0 bridgehead atoms. The molecule has 0 aliphatic carbocycles. The van der Waals surface area contributed by atoms with Gasteiger partial charge in [0.25, 0.3) is 15.9 Å². The highest BCUT2D eigenvalue weighted by atomic mass is 32.2. The number of sulfonamides is 1. The molecule has 156 valence electrons. The lowest BCUT2D eigenvalue weighted by atomic mass is 10.2. The lowest BCUT2D eigenvalue weighted by molar-refractivity contribution is 0.102. The standard InChI is InChI=1S/C22H19N5O3S/c28-22(21-16-27(26-24-21)15-17-9-3-1-4-10-17)23-19-13-7-8-14-20(19)25-31(29,30)18-11-5-2-6-12-18/h1-14,16,25H,15H2,(H,23,28). The third-order valence-corrected chi connectivity index (χ3v) is 5.81. The summed E-state index contributed by atoms with van der Waals surface area (Å²) in [6.07, 6.45) is 1.54.